The predicted molar refractivity (Wildman–Crippen MR) is 59.6 cm³/mol. The fraction of sp³-hybridized carbons (Fsp3) is 0.100. The van der Waals surface area contributed by atoms with E-state index >= 15 is 0 Å². The van der Waals surface area contributed by atoms with Crippen molar-refractivity contribution in [2.75, 3.05) is 0 Å². The molecule has 0 saturated carbocycles. The summed E-state index contributed by atoms with van der Waals surface area (Å²) < 4.78 is 13.7. The van der Waals surface area contributed by atoms with E-state index in [1.54, 1.807) is 6.07 Å². The second-order valence-electron chi connectivity index (χ2n) is 2.96. The number of benzene rings is 1. The van der Waals surface area contributed by atoms with Crippen LogP contribution in [0.15, 0.2) is 24.3 Å². The van der Waals surface area contributed by atoms with Crippen molar-refractivity contribution >= 4 is 23.6 Å². The highest BCUT2D eigenvalue weighted by Crippen LogP contribution is 2.25. The average Bonchev–Trinajstić information content (AvgIpc) is 2.45. The van der Waals surface area contributed by atoms with Gasteiger partial charge < -0.3 is 4.98 Å². The fourth-order valence-corrected chi connectivity index (χ4v) is 2.50. The van der Waals surface area contributed by atoms with Crippen LogP contribution in [-0.4, -0.2) is 4.98 Å². The van der Waals surface area contributed by atoms with E-state index in [0.29, 0.717) is 0 Å². The maximum Gasteiger partial charge on any atom is 0.159 e. The summed E-state index contributed by atoms with van der Waals surface area (Å²) in [5.41, 5.74) is 1.76. The van der Waals surface area contributed by atoms with Gasteiger partial charge in [0.1, 0.15) is 5.82 Å². The molecule has 0 aliphatic carbocycles. The van der Waals surface area contributed by atoms with Gasteiger partial charge in [-0.3, -0.25) is 0 Å². The molecule has 0 saturated heterocycles. The minimum Gasteiger partial charge on any atom is -0.337 e. The molecular formula is C10H8FNS2. The van der Waals surface area contributed by atoms with Gasteiger partial charge in [0.15, 0.2) is 3.95 Å². The standard InChI is InChI=1S/C10H8FNS2/c1-6-9(12-10(13)14-6)7-3-2-4-8(11)5-7/h2-5H,1H3,(H,12,13). The van der Waals surface area contributed by atoms with E-state index in [0.717, 1.165) is 20.1 Å². The lowest BCUT2D eigenvalue weighted by atomic mass is 10.1. The molecule has 2 rings (SSSR count). The van der Waals surface area contributed by atoms with E-state index in [2.05, 4.69) is 4.98 Å². The lowest BCUT2D eigenvalue weighted by Crippen LogP contribution is -1.81. The van der Waals surface area contributed by atoms with E-state index in [1.165, 1.54) is 23.5 Å². The summed E-state index contributed by atoms with van der Waals surface area (Å²) in [7, 11) is 0. The van der Waals surface area contributed by atoms with Gasteiger partial charge in [-0.2, -0.15) is 0 Å². The first-order chi connectivity index (χ1) is 6.66. The second-order valence-corrected chi connectivity index (χ2v) is 4.85. The van der Waals surface area contributed by atoms with E-state index in [-0.39, 0.29) is 5.82 Å². The Morgan fingerprint density at radius 3 is 2.79 bits per heavy atom. The third-order valence-corrected chi connectivity index (χ3v) is 3.09. The van der Waals surface area contributed by atoms with Gasteiger partial charge in [0, 0.05) is 10.4 Å². The molecule has 0 aliphatic rings. The van der Waals surface area contributed by atoms with Gasteiger partial charge in [-0.25, -0.2) is 4.39 Å². The Bertz CT molecular complexity index is 513. The molecule has 72 valence electrons. The molecular weight excluding hydrogens is 217 g/mol. The van der Waals surface area contributed by atoms with Crippen LogP contribution in [0.2, 0.25) is 0 Å². The maximum absolute atomic E-state index is 13.0. The Morgan fingerprint density at radius 2 is 2.21 bits per heavy atom. The SMILES string of the molecule is Cc1sc(=S)[nH]c1-c1cccc(F)c1. The largest absolute Gasteiger partial charge is 0.337 e. The number of hydrogen-bond acceptors (Lipinski definition) is 2. The average molecular weight is 225 g/mol. The van der Waals surface area contributed by atoms with Crippen LogP contribution in [0.4, 0.5) is 4.39 Å². The van der Waals surface area contributed by atoms with E-state index in [4.69, 9.17) is 12.2 Å². The molecule has 0 amide bonds. The van der Waals surface area contributed by atoms with Crippen molar-refractivity contribution in [2.45, 2.75) is 6.92 Å². The first-order valence-electron chi connectivity index (χ1n) is 4.12. The Kier molecular flexibility index (Phi) is 2.48. The lowest BCUT2D eigenvalue weighted by Gasteiger charge is -1.98. The maximum atomic E-state index is 13.0. The lowest BCUT2D eigenvalue weighted by molar-refractivity contribution is 0.628. The summed E-state index contributed by atoms with van der Waals surface area (Å²) in [4.78, 5) is 4.14. The van der Waals surface area contributed by atoms with E-state index in [1.807, 2.05) is 13.0 Å². The Hall–Kier alpha value is -1.00. The molecule has 2 aromatic rings. The molecule has 0 bridgehead atoms. The van der Waals surface area contributed by atoms with Crippen LogP contribution in [0.1, 0.15) is 4.88 Å². The molecule has 0 radical (unpaired) electrons. The Labute approximate surface area is 90.2 Å². The molecule has 0 unspecified atom stereocenters. The van der Waals surface area contributed by atoms with Crippen LogP contribution in [-0.2, 0) is 0 Å². The summed E-state index contributed by atoms with van der Waals surface area (Å²) in [6.07, 6.45) is 0. The van der Waals surface area contributed by atoms with Gasteiger partial charge in [0.05, 0.1) is 5.69 Å². The number of rotatable bonds is 1. The molecule has 0 spiro atoms. The summed E-state index contributed by atoms with van der Waals surface area (Å²) in [6.45, 7) is 1.97. The molecule has 0 aliphatic heterocycles. The molecule has 0 atom stereocenters. The molecule has 1 aromatic carbocycles. The van der Waals surface area contributed by atoms with Crippen LogP contribution in [0, 0.1) is 16.7 Å². The normalized spacial score (nSPS) is 10.4. The van der Waals surface area contributed by atoms with Gasteiger partial charge >= 0.3 is 0 Å². The smallest absolute Gasteiger partial charge is 0.159 e. The highest BCUT2D eigenvalue weighted by molar-refractivity contribution is 7.73. The van der Waals surface area contributed by atoms with Crippen LogP contribution in [0.5, 0.6) is 0 Å². The van der Waals surface area contributed by atoms with E-state index < -0.39 is 0 Å². The predicted octanol–water partition coefficient (Wildman–Crippen LogP) is 3.92. The number of aryl methyl sites for hydroxylation is 1. The molecule has 14 heavy (non-hydrogen) atoms. The molecule has 1 N–H and O–H groups in total. The van der Waals surface area contributed by atoms with Gasteiger partial charge in [0.25, 0.3) is 0 Å². The second kappa shape index (κ2) is 3.63. The van der Waals surface area contributed by atoms with Gasteiger partial charge in [-0.1, -0.05) is 12.1 Å². The van der Waals surface area contributed by atoms with Crippen LogP contribution >= 0.6 is 23.6 Å². The van der Waals surface area contributed by atoms with Gasteiger partial charge in [-0.15, -0.1) is 11.3 Å². The summed E-state index contributed by atoms with van der Waals surface area (Å²) in [5, 5.41) is 0. The monoisotopic (exact) mass is 225 g/mol. The first-order valence-corrected chi connectivity index (χ1v) is 5.35. The Balaban J connectivity index is 2.59. The molecule has 1 nitrogen and oxygen atoms in total. The van der Waals surface area contributed by atoms with Crippen molar-refractivity contribution in [3.63, 3.8) is 0 Å². The van der Waals surface area contributed by atoms with Crippen molar-refractivity contribution in [1.82, 2.24) is 4.98 Å². The number of halogens is 1. The quantitative estimate of drug-likeness (QED) is 0.727. The van der Waals surface area contributed by atoms with Crippen molar-refractivity contribution < 1.29 is 4.39 Å². The third kappa shape index (κ3) is 1.76. The highest BCUT2D eigenvalue weighted by atomic mass is 32.1. The van der Waals surface area contributed by atoms with Crippen molar-refractivity contribution in [2.24, 2.45) is 0 Å². The third-order valence-electron chi connectivity index (χ3n) is 1.94. The zero-order valence-corrected chi connectivity index (χ0v) is 9.14. The number of nitrogens with one attached hydrogen (secondary N) is 1. The molecule has 0 fully saturated rings. The summed E-state index contributed by atoms with van der Waals surface area (Å²) in [6, 6.07) is 6.49. The van der Waals surface area contributed by atoms with Crippen molar-refractivity contribution in [3.8, 4) is 11.3 Å². The topological polar surface area (TPSA) is 15.8 Å². The zero-order valence-electron chi connectivity index (χ0n) is 7.50. The number of hydrogen-bond donors (Lipinski definition) is 1. The zero-order chi connectivity index (χ0) is 10.1. The first kappa shape index (κ1) is 9.55. The van der Waals surface area contributed by atoms with Crippen LogP contribution < -0.4 is 0 Å². The molecule has 1 heterocycles. The van der Waals surface area contributed by atoms with Gasteiger partial charge in [0.2, 0.25) is 0 Å². The van der Waals surface area contributed by atoms with E-state index in [9.17, 15) is 4.39 Å². The highest BCUT2D eigenvalue weighted by Gasteiger charge is 2.05. The summed E-state index contributed by atoms with van der Waals surface area (Å²) in [5.74, 6) is -0.229. The minimum absolute atomic E-state index is 0.229. The number of aromatic amines is 1. The minimum atomic E-state index is -0.229. The molecule has 1 aromatic heterocycles. The van der Waals surface area contributed by atoms with Gasteiger partial charge in [-0.05, 0) is 31.3 Å². The van der Waals surface area contributed by atoms with Crippen molar-refractivity contribution in [1.29, 1.82) is 0 Å². The van der Waals surface area contributed by atoms with Crippen molar-refractivity contribution in [3.05, 3.63) is 38.9 Å². The molecule has 4 heteroatoms. The van der Waals surface area contributed by atoms with Crippen LogP contribution in [0.3, 0.4) is 0 Å². The number of thiazole rings is 1. The summed E-state index contributed by atoms with van der Waals surface area (Å²) >= 11 is 6.53. The van der Waals surface area contributed by atoms with Crippen LogP contribution in [0.25, 0.3) is 11.3 Å². The number of H-pyrrole nitrogens is 1. The number of aromatic nitrogens is 1. The fourth-order valence-electron chi connectivity index (χ4n) is 1.33. The Morgan fingerprint density at radius 1 is 1.43 bits per heavy atom.